The van der Waals surface area contributed by atoms with Crippen LogP contribution < -0.4 is 30.6 Å². The van der Waals surface area contributed by atoms with E-state index in [2.05, 4.69) is 167 Å². The fraction of sp³-hybridized carbons (Fsp3) is 0. The quantitative estimate of drug-likeness (QED) is 0.169. The monoisotopic (exact) mass is 2030 g/mol. The first-order valence-corrected chi connectivity index (χ1v) is 26.5. The van der Waals surface area contributed by atoms with Gasteiger partial charge in [0.2, 0.25) is 0 Å². The SMILES string of the molecule is O=C(O)c1cncc(Br)c1.O=C(O)c1cncc(Br)c1.O=C([O-])c1cncc(Br)c1.O=C([O-])c1cncc(Br)c1.O=C([O-])c1cncc(Br)c1.O=C([O-])c1cncc(Br)c1.O=C([O-])c1cncc(Br)c1.O=C([O-])c1cncc(Br)c1.[OH3+].[OH3+].[OH3+].[OH3+].[OH3+].[OH3+].[Tb+3].[Tb+3]. The van der Waals surface area contributed by atoms with E-state index in [0.29, 0.717) is 35.8 Å². The van der Waals surface area contributed by atoms with Crippen molar-refractivity contribution in [3.8, 4) is 0 Å². The maximum absolute atomic E-state index is 10.3. The summed E-state index contributed by atoms with van der Waals surface area (Å²) in [6.45, 7) is 0. The number of aromatic nitrogens is 8. The summed E-state index contributed by atoms with van der Waals surface area (Å²) in [4.78, 5) is 111. The van der Waals surface area contributed by atoms with E-state index in [0.717, 1.165) is 0 Å². The smallest absolute Gasteiger partial charge is 0.545 e. The molecule has 0 aliphatic carbocycles. The molecule has 0 saturated carbocycles. The van der Waals surface area contributed by atoms with Crippen LogP contribution in [0.4, 0.5) is 0 Å². The predicted octanol–water partition coefficient (Wildman–Crippen LogP) is -1.20. The van der Waals surface area contributed by atoms with Crippen LogP contribution in [0, 0.1) is 77.2 Å². The van der Waals surface area contributed by atoms with Crippen molar-refractivity contribution in [3.05, 3.63) is 228 Å². The fourth-order valence-corrected chi connectivity index (χ4v) is 7.12. The Hall–Kier alpha value is -4.87. The number of rotatable bonds is 8. The summed E-state index contributed by atoms with van der Waals surface area (Å²) >= 11 is 24.7. The van der Waals surface area contributed by atoms with Crippen molar-refractivity contribution in [3.63, 3.8) is 0 Å². The largest absolute Gasteiger partial charge is 3.00 e. The maximum atomic E-state index is 10.3. The van der Waals surface area contributed by atoms with E-state index in [1.54, 1.807) is 0 Å². The van der Waals surface area contributed by atoms with Gasteiger partial charge in [-0.2, -0.15) is 0 Å². The first kappa shape index (κ1) is 99.3. The molecule has 0 atom stereocenters. The Bertz CT molecular complexity index is 2790. The minimum absolute atomic E-state index is 0. The number of pyridine rings is 8. The van der Waals surface area contributed by atoms with E-state index < -0.39 is 47.8 Å². The van der Waals surface area contributed by atoms with Gasteiger partial charge in [-0.1, -0.05) is 0 Å². The topological polar surface area (TPSA) is 616 Å². The van der Waals surface area contributed by atoms with Crippen LogP contribution in [0.2, 0.25) is 0 Å². The molecule has 0 aromatic carbocycles. The molecule has 0 unspecified atom stereocenters. The van der Waals surface area contributed by atoms with E-state index in [1.165, 1.54) is 148 Å². The molecule has 0 bridgehead atoms. The average molecular weight is 2040 g/mol. The molecular weight excluding hydrogens is 2000 g/mol. The molecule has 476 valence electrons. The van der Waals surface area contributed by atoms with Crippen LogP contribution in [0.5, 0.6) is 0 Å². The van der Waals surface area contributed by atoms with Crippen molar-refractivity contribution in [2.45, 2.75) is 0 Å². The Kier molecular flexibility index (Phi) is 62.1. The molecule has 30 nitrogen and oxygen atoms in total. The van der Waals surface area contributed by atoms with Crippen molar-refractivity contribution in [2.75, 3.05) is 0 Å². The van der Waals surface area contributed by atoms with Crippen LogP contribution in [0.25, 0.3) is 0 Å². The molecule has 8 rings (SSSR count). The minimum atomic E-state index is -1.21. The van der Waals surface area contributed by atoms with E-state index in [1.807, 2.05) is 0 Å². The molecule has 0 aliphatic rings. The maximum Gasteiger partial charge on any atom is 3.00 e. The fourth-order valence-electron chi connectivity index (χ4n) is 4.20. The van der Waals surface area contributed by atoms with Gasteiger partial charge >= 0.3 is 89.2 Å². The normalized spacial score (nSPS) is 8.45. The van der Waals surface area contributed by atoms with Crippen molar-refractivity contribution >= 4 is 175 Å². The third-order valence-electron chi connectivity index (χ3n) is 7.55. The number of nitrogens with zero attached hydrogens (tertiary/aromatic N) is 8. The molecule has 88 heavy (non-hydrogen) atoms. The summed E-state index contributed by atoms with van der Waals surface area (Å²) in [5.41, 5.74) is 0.847. The van der Waals surface area contributed by atoms with Crippen LogP contribution in [-0.4, -0.2) is 97.8 Å². The number of carboxylic acid groups (broad SMARTS) is 8. The second kappa shape index (κ2) is 55.0. The van der Waals surface area contributed by atoms with Crippen LogP contribution in [-0.2, 0) is 32.9 Å². The number of aromatic carboxylic acids is 8. The molecular formula is C48H44Br8N8O22Tb2+6. The summed E-state index contributed by atoms with van der Waals surface area (Å²) in [6, 6.07) is 11.6. The zero-order valence-electron chi connectivity index (χ0n) is 43.2. The summed E-state index contributed by atoms with van der Waals surface area (Å²) in [7, 11) is 0. The zero-order valence-corrected chi connectivity index (χ0v) is 60.2. The van der Waals surface area contributed by atoms with E-state index in [4.69, 9.17) is 10.2 Å². The Balaban J connectivity index is -0.000000137. The van der Waals surface area contributed by atoms with Crippen molar-refractivity contribution in [1.29, 1.82) is 0 Å². The van der Waals surface area contributed by atoms with Crippen LogP contribution in [0.3, 0.4) is 0 Å². The number of carbonyl (C=O) groups is 8. The Labute approximate surface area is 624 Å². The second-order valence-electron chi connectivity index (χ2n) is 13.5. The molecule has 8 aromatic heterocycles. The summed E-state index contributed by atoms with van der Waals surface area (Å²) in [5.74, 6) is -9.21. The van der Waals surface area contributed by atoms with Gasteiger partial charge in [0, 0.05) is 168 Å². The minimum Gasteiger partial charge on any atom is -0.545 e. The van der Waals surface area contributed by atoms with Crippen LogP contribution in [0.15, 0.2) is 183 Å². The molecule has 0 amide bonds. The predicted molar refractivity (Wildman–Crippen MR) is 325 cm³/mol. The van der Waals surface area contributed by atoms with Gasteiger partial charge in [0.15, 0.2) is 0 Å². The zero-order chi connectivity index (χ0) is 60.5. The van der Waals surface area contributed by atoms with Gasteiger partial charge in [0.25, 0.3) is 0 Å². The van der Waals surface area contributed by atoms with Gasteiger partial charge in [-0.25, -0.2) is 9.59 Å². The molecule has 0 radical (unpaired) electrons. The number of hydrogen-bond acceptors (Lipinski definition) is 22. The number of carboxylic acids is 8. The molecule has 20 N–H and O–H groups in total. The summed E-state index contributed by atoms with van der Waals surface area (Å²) < 4.78 is 5.15. The number of halogens is 8. The average Bonchev–Trinajstić information content (AvgIpc) is 3.40. The first-order chi connectivity index (χ1) is 37.6. The molecule has 0 fully saturated rings. The molecule has 8 heterocycles. The van der Waals surface area contributed by atoms with Gasteiger partial charge in [-0.05, 0) is 176 Å². The van der Waals surface area contributed by atoms with Gasteiger partial charge in [0.1, 0.15) is 0 Å². The van der Waals surface area contributed by atoms with Crippen molar-refractivity contribution < 1.29 is 189 Å². The van der Waals surface area contributed by atoms with Crippen molar-refractivity contribution in [2.24, 2.45) is 0 Å². The van der Waals surface area contributed by atoms with E-state index in [9.17, 15) is 69.0 Å². The standard InChI is InChI=1S/8C6H4BrNO2.6H2O.2Tb/c8*7-5-1-4(6(9)10)2-8-3-5;;;;;;;;/h8*1-3H,(H,9,10);6*1H2;;/q;;;;;;;;;;;;;;2*+3. The molecule has 8 aromatic rings. The Morgan fingerprint density at radius 1 is 0.239 bits per heavy atom. The third-order valence-corrected chi connectivity index (χ3v) is 11.0. The molecule has 0 aliphatic heterocycles. The first-order valence-electron chi connectivity index (χ1n) is 20.2. The van der Waals surface area contributed by atoms with Gasteiger partial charge in [-0.15, -0.1) is 0 Å². The van der Waals surface area contributed by atoms with Crippen molar-refractivity contribution in [1.82, 2.24) is 39.9 Å². The molecule has 0 saturated heterocycles. The second-order valence-corrected chi connectivity index (χ2v) is 20.8. The van der Waals surface area contributed by atoms with Crippen LogP contribution in [0.1, 0.15) is 82.9 Å². The van der Waals surface area contributed by atoms with Gasteiger partial charge < -0.3 is 102 Å². The van der Waals surface area contributed by atoms with E-state index in [-0.39, 0.29) is 155 Å². The van der Waals surface area contributed by atoms with E-state index >= 15 is 0 Å². The van der Waals surface area contributed by atoms with Gasteiger partial charge in [-0.3, -0.25) is 39.9 Å². The van der Waals surface area contributed by atoms with Gasteiger partial charge in [0.05, 0.1) is 46.9 Å². The van der Waals surface area contributed by atoms with Crippen LogP contribution >= 0.6 is 127 Å². The summed E-state index contributed by atoms with van der Waals surface area (Å²) in [5, 5.41) is 78.0. The Morgan fingerprint density at radius 3 is 0.409 bits per heavy atom. The Morgan fingerprint density at radius 2 is 0.341 bits per heavy atom. The number of carbonyl (C=O) groups excluding carboxylic acids is 6. The summed E-state index contributed by atoms with van der Waals surface area (Å²) in [6.07, 6.45) is 22.1. The number of hydrogen-bond donors (Lipinski definition) is 2. The third kappa shape index (κ3) is 45.4. The molecule has 40 heteroatoms. The molecule has 0 spiro atoms.